The Morgan fingerprint density at radius 2 is 1.90 bits per heavy atom. The summed E-state index contributed by atoms with van der Waals surface area (Å²) in [6.45, 7) is 12.5. The van der Waals surface area contributed by atoms with Crippen LogP contribution in [0, 0.1) is 5.92 Å². The first kappa shape index (κ1) is 19.6. The summed E-state index contributed by atoms with van der Waals surface area (Å²) in [5.41, 5.74) is 3.01. The minimum absolute atomic E-state index is 0.156. The second kappa shape index (κ2) is 11.3. The molecule has 0 aliphatic heterocycles. The quantitative estimate of drug-likeness (QED) is 0.421. The summed E-state index contributed by atoms with van der Waals surface area (Å²) in [5, 5.41) is 0. The molecule has 1 atom stereocenters. The minimum atomic E-state index is 0.156. The first-order chi connectivity index (χ1) is 10.1. The van der Waals surface area contributed by atoms with Crippen LogP contribution in [0.3, 0.4) is 0 Å². The molecular formula is C20H32O. The monoisotopic (exact) mass is 288 g/mol. The van der Waals surface area contributed by atoms with Crippen molar-refractivity contribution in [3.05, 3.63) is 47.1 Å². The van der Waals surface area contributed by atoms with E-state index < -0.39 is 0 Å². The van der Waals surface area contributed by atoms with Crippen molar-refractivity contribution in [1.29, 1.82) is 0 Å². The molecule has 0 aromatic heterocycles. The number of hydrogen-bond acceptors (Lipinski definition) is 1. The maximum Gasteiger partial charge on any atom is 0.188 e. The second-order valence-corrected chi connectivity index (χ2v) is 5.42. The second-order valence-electron chi connectivity index (χ2n) is 5.42. The third-order valence-electron chi connectivity index (χ3n) is 3.71. The Morgan fingerprint density at radius 3 is 2.43 bits per heavy atom. The Kier molecular flexibility index (Phi) is 10.6. The lowest BCUT2D eigenvalue weighted by Gasteiger charge is -2.10. The number of carbonyl (C=O) groups is 1. The summed E-state index contributed by atoms with van der Waals surface area (Å²) in [4.78, 5) is 12.2. The minimum Gasteiger partial charge on any atom is -0.289 e. The van der Waals surface area contributed by atoms with E-state index >= 15 is 0 Å². The lowest BCUT2D eigenvalue weighted by Crippen LogP contribution is -2.04. The Hall–Kier alpha value is -1.37. The molecule has 0 aromatic carbocycles. The molecule has 1 aliphatic carbocycles. The molecule has 21 heavy (non-hydrogen) atoms. The zero-order chi connectivity index (χ0) is 16.3. The summed E-state index contributed by atoms with van der Waals surface area (Å²) in [7, 11) is 0. The average Bonchev–Trinajstić information content (AvgIpc) is 2.54. The van der Waals surface area contributed by atoms with Crippen LogP contribution in [0.1, 0.15) is 67.2 Å². The van der Waals surface area contributed by atoms with Gasteiger partial charge in [0.2, 0.25) is 0 Å². The molecule has 1 unspecified atom stereocenters. The normalized spacial score (nSPS) is 16.8. The number of carbonyl (C=O) groups excluding carboxylic acids is 1. The topological polar surface area (TPSA) is 17.1 Å². The highest BCUT2D eigenvalue weighted by atomic mass is 16.1. The average molecular weight is 288 g/mol. The Labute approximate surface area is 131 Å². The van der Waals surface area contributed by atoms with Gasteiger partial charge in [-0.15, -0.1) is 0 Å². The summed E-state index contributed by atoms with van der Waals surface area (Å²) < 4.78 is 0. The largest absolute Gasteiger partial charge is 0.289 e. The molecule has 1 rings (SSSR count). The molecular weight excluding hydrogens is 256 g/mol. The Bertz CT molecular complexity index is 433. The first-order valence-corrected chi connectivity index (χ1v) is 8.32. The van der Waals surface area contributed by atoms with Crippen LogP contribution in [0.25, 0.3) is 0 Å². The van der Waals surface area contributed by atoms with Crippen molar-refractivity contribution in [2.24, 2.45) is 5.92 Å². The zero-order valence-corrected chi connectivity index (χ0v) is 14.7. The van der Waals surface area contributed by atoms with Gasteiger partial charge in [0.25, 0.3) is 0 Å². The van der Waals surface area contributed by atoms with Gasteiger partial charge < -0.3 is 0 Å². The van der Waals surface area contributed by atoms with E-state index in [2.05, 4.69) is 32.9 Å². The van der Waals surface area contributed by atoms with E-state index in [4.69, 9.17) is 0 Å². The van der Waals surface area contributed by atoms with E-state index in [0.29, 0.717) is 5.92 Å². The van der Waals surface area contributed by atoms with Gasteiger partial charge in [0.05, 0.1) is 0 Å². The fourth-order valence-corrected chi connectivity index (χ4v) is 2.17. The molecule has 0 spiro atoms. The zero-order valence-electron chi connectivity index (χ0n) is 14.7. The highest BCUT2D eigenvalue weighted by Gasteiger charge is 2.10. The van der Waals surface area contributed by atoms with Crippen molar-refractivity contribution >= 4 is 5.78 Å². The summed E-state index contributed by atoms with van der Waals surface area (Å²) in [5.74, 6) is 0.751. The molecule has 0 amide bonds. The maximum atomic E-state index is 12.2. The molecule has 1 nitrogen and oxygen atoms in total. The van der Waals surface area contributed by atoms with Gasteiger partial charge in [0, 0.05) is 5.57 Å². The molecule has 0 heterocycles. The summed E-state index contributed by atoms with van der Waals surface area (Å²) in [6, 6.07) is 0. The third kappa shape index (κ3) is 7.27. The number of allylic oxidation sites excluding steroid dienone is 8. The van der Waals surface area contributed by atoms with Crippen LogP contribution in [0.4, 0.5) is 0 Å². The van der Waals surface area contributed by atoms with Gasteiger partial charge in [-0.2, -0.15) is 0 Å². The van der Waals surface area contributed by atoms with E-state index in [1.807, 2.05) is 39.0 Å². The van der Waals surface area contributed by atoms with Gasteiger partial charge in [-0.1, -0.05) is 70.1 Å². The van der Waals surface area contributed by atoms with Gasteiger partial charge in [-0.25, -0.2) is 0 Å². The van der Waals surface area contributed by atoms with Gasteiger partial charge in [0.1, 0.15) is 0 Å². The highest BCUT2D eigenvalue weighted by molar-refractivity contribution is 6.09. The molecule has 0 saturated heterocycles. The fourth-order valence-electron chi connectivity index (χ4n) is 2.17. The molecule has 0 bridgehead atoms. The van der Waals surface area contributed by atoms with Crippen molar-refractivity contribution in [3.63, 3.8) is 0 Å². The Morgan fingerprint density at radius 1 is 1.24 bits per heavy atom. The molecule has 1 heteroatoms. The molecule has 0 radical (unpaired) electrons. The number of hydrogen-bond donors (Lipinski definition) is 0. The van der Waals surface area contributed by atoms with Crippen LogP contribution >= 0.6 is 0 Å². The van der Waals surface area contributed by atoms with E-state index in [1.54, 1.807) is 0 Å². The van der Waals surface area contributed by atoms with E-state index in [0.717, 1.165) is 24.0 Å². The third-order valence-corrected chi connectivity index (χ3v) is 3.71. The molecule has 1 aliphatic rings. The summed E-state index contributed by atoms with van der Waals surface area (Å²) >= 11 is 0. The van der Waals surface area contributed by atoms with Gasteiger partial charge in [0.15, 0.2) is 5.78 Å². The van der Waals surface area contributed by atoms with Crippen LogP contribution in [0.2, 0.25) is 0 Å². The lowest BCUT2D eigenvalue weighted by atomic mass is 9.95. The van der Waals surface area contributed by atoms with Crippen molar-refractivity contribution in [1.82, 2.24) is 0 Å². The Balaban J connectivity index is 0.00000191. The number of rotatable bonds is 6. The van der Waals surface area contributed by atoms with Crippen molar-refractivity contribution in [2.75, 3.05) is 0 Å². The standard InChI is InChI=1S/C18H26O.C2H6/c1-5-9-14(2)15(3)12-13-16(4)18(19)17-10-7-6-8-11-17;1-2/h7,10-14H,5-6,8-9H2,1-4H3;1-2H3/b15-12+,16-13+;. The van der Waals surface area contributed by atoms with E-state index in [9.17, 15) is 4.79 Å². The molecule has 118 valence electrons. The van der Waals surface area contributed by atoms with Crippen molar-refractivity contribution in [2.45, 2.75) is 67.2 Å². The van der Waals surface area contributed by atoms with Crippen LogP contribution in [-0.2, 0) is 4.79 Å². The van der Waals surface area contributed by atoms with Crippen LogP contribution in [0.15, 0.2) is 47.1 Å². The fraction of sp³-hybridized carbons (Fsp3) is 0.550. The van der Waals surface area contributed by atoms with E-state index in [1.165, 1.54) is 18.4 Å². The van der Waals surface area contributed by atoms with Crippen molar-refractivity contribution < 1.29 is 4.79 Å². The molecule has 0 N–H and O–H groups in total. The van der Waals surface area contributed by atoms with Crippen LogP contribution in [0.5, 0.6) is 0 Å². The van der Waals surface area contributed by atoms with Crippen LogP contribution in [-0.4, -0.2) is 5.78 Å². The molecule has 0 aromatic rings. The van der Waals surface area contributed by atoms with Gasteiger partial charge in [-0.05, 0) is 44.6 Å². The SMILES string of the molecule is CC.CCCC(C)/C(C)=C/C=C(\C)C(=O)C1=CCCC=C1. The number of Topliss-reactive ketones (excluding diaryl/α,β-unsaturated/α-hetero) is 1. The van der Waals surface area contributed by atoms with Gasteiger partial charge in [-0.3, -0.25) is 4.79 Å². The highest BCUT2D eigenvalue weighted by Crippen LogP contribution is 2.18. The summed E-state index contributed by atoms with van der Waals surface area (Å²) in [6.07, 6.45) is 14.6. The molecule has 0 fully saturated rings. The van der Waals surface area contributed by atoms with Crippen molar-refractivity contribution in [3.8, 4) is 0 Å². The predicted octanol–water partition coefficient (Wildman–Crippen LogP) is 6.19. The smallest absolute Gasteiger partial charge is 0.188 e. The predicted molar refractivity (Wildman–Crippen MR) is 94.4 cm³/mol. The lowest BCUT2D eigenvalue weighted by molar-refractivity contribution is -0.111. The van der Waals surface area contributed by atoms with E-state index in [-0.39, 0.29) is 5.78 Å². The number of ketones is 1. The molecule has 0 saturated carbocycles. The maximum absolute atomic E-state index is 12.2. The first-order valence-electron chi connectivity index (χ1n) is 8.32. The van der Waals surface area contributed by atoms with Gasteiger partial charge >= 0.3 is 0 Å². The van der Waals surface area contributed by atoms with Crippen LogP contribution < -0.4 is 0 Å².